The van der Waals surface area contributed by atoms with E-state index in [9.17, 15) is 5.11 Å². The monoisotopic (exact) mass is 220 g/mol. The molecule has 0 bridgehead atoms. The van der Waals surface area contributed by atoms with E-state index in [1.807, 2.05) is 0 Å². The summed E-state index contributed by atoms with van der Waals surface area (Å²) in [6.45, 7) is 9.34. The first-order chi connectivity index (χ1) is 7.43. The van der Waals surface area contributed by atoms with E-state index in [1.54, 1.807) is 0 Å². The number of rotatable bonds is 0. The number of aliphatic hydroxyl groups is 1. The zero-order chi connectivity index (χ0) is 11.7. The second-order valence-corrected chi connectivity index (χ2v) is 6.81. The Hall–Kier alpha value is -0.300. The Balaban J connectivity index is 2.15. The van der Waals surface area contributed by atoms with Crippen molar-refractivity contribution < 1.29 is 5.11 Å². The molecule has 0 radical (unpaired) electrons. The minimum Gasteiger partial charge on any atom is -0.392 e. The van der Waals surface area contributed by atoms with Crippen LogP contribution in [-0.2, 0) is 0 Å². The Morgan fingerprint density at radius 1 is 1.38 bits per heavy atom. The average Bonchev–Trinajstić information content (AvgIpc) is 2.72. The van der Waals surface area contributed by atoms with Crippen molar-refractivity contribution in [2.24, 2.45) is 28.6 Å². The highest BCUT2D eigenvalue weighted by atomic mass is 16.3. The predicted molar refractivity (Wildman–Crippen MR) is 66.0 cm³/mol. The molecule has 2 fully saturated rings. The lowest BCUT2D eigenvalue weighted by Gasteiger charge is -2.43. The first-order valence-corrected chi connectivity index (χ1v) is 6.81. The number of allylic oxidation sites excluding steroid dienone is 1. The molecule has 1 spiro atoms. The second kappa shape index (κ2) is 2.93. The van der Waals surface area contributed by atoms with Crippen LogP contribution >= 0.6 is 0 Å². The minimum atomic E-state index is -0.111. The maximum Gasteiger partial charge on any atom is 0.0636 e. The molecule has 6 atom stereocenters. The van der Waals surface area contributed by atoms with E-state index in [1.165, 1.54) is 18.4 Å². The summed E-state index contributed by atoms with van der Waals surface area (Å²) in [6.07, 6.45) is 6.01. The molecule has 0 aliphatic heterocycles. The SMILES string of the molecule is CC1=C[C@@]2(C)[C@H](O)C[C@@H]3[C@@H](C)CC[C@@]32C1C. The molecule has 1 nitrogen and oxygen atoms in total. The van der Waals surface area contributed by atoms with Gasteiger partial charge in [-0.15, -0.1) is 0 Å². The summed E-state index contributed by atoms with van der Waals surface area (Å²) in [5.41, 5.74) is 1.96. The Kier molecular flexibility index (Phi) is 1.98. The van der Waals surface area contributed by atoms with Crippen LogP contribution in [0.3, 0.4) is 0 Å². The zero-order valence-corrected chi connectivity index (χ0v) is 11.0. The molecule has 0 aromatic heterocycles. The molecule has 16 heavy (non-hydrogen) atoms. The van der Waals surface area contributed by atoms with Crippen LogP contribution in [0.4, 0.5) is 0 Å². The normalized spacial score (nSPS) is 59.7. The van der Waals surface area contributed by atoms with Crippen LogP contribution < -0.4 is 0 Å². The molecule has 0 aromatic carbocycles. The number of hydrogen-bond donors (Lipinski definition) is 1. The third kappa shape index (κ3) is 0.895. The summed E-state index contributed by atoms with van der Waals surface area (Å²) >= 11 is 0. The van der Waals surface area contributed by atoms with Crippen LogP contribution in [0.2, 0.25) is 0 Å². The average molecular weight is 220 g/mol. The van der Waals surface area contributed by atoms with Gasteiger partial charge >= 0.3 is 0 Å². The quantitative estimate of drug-likeness (QED) is 0.620. The Morgan fingerprint density at radius 2 is 2.06 bits per heavy atom. The highest BCUT2D eigenvalue weighted by Gasteiger charge is 2.68. The summed E-state index contributed by atoms with van der Waals surface area (Å²) in [4.78, 5) is 0. The molecule has 1 unspecified atom stereocenters. The van der Waals surface area contributed by atoms with Gasteiger partial charge in [0, 0.05) is 5.41 Å². The lowest BCUT2D eigenvalue weighted by Crippen LogP contribution is -2.41. The van der Waals surface area contributed by atoms with Gasteiger partial charge in [0.15, 0.2) is 0 Å². The molecular weight excluding hydrogens is 196 g/mol. The van der Waals surface area contributed by atoms with E-state index in [0.29, 0.717) is 11.3 Å². The van der Waals surface area contributed by atoms with E-state index in [4.69, 9.17) is 0 Å². The molecule has 0 amide bonds. The fourth-order valence-electron chi connectivity index (χ4n) is 5.51. The van der Waals surface area contributed by atoms with Crippen molar-refractivity contribution in [3.05, 3.63) is 11.6 Å². The van der Waals surface area contributed by atoms with E-state index in [-0.39, 0.29) is 11.5 Å². The molecule has 2 saturated carbocycles. The van der Waals surface area contributed by atoms with Gasteiger partial charge in [0.1, 0.15) is 0 Å². The molecule has 0 aromatic rings. The smallest absolute Gasteiger partial charge is 0.0636 e. The van der Waals surface area contributed by atoms with E-state index in [0.717, 1.165) is 18.3 Å². The van der Waals surface area contributed by atoms with Gasteiger partial charge in [-0.1, -0.05) is 32.4 Å². The molecule has 3 aliphatic carbocycles. The largest absolute Gasteiger partial charge is 0.392 e. The molecule has 90 valence electrons. The van der Waals surface area contributed by atoms with Crippen LogP contribution in [0.15, 0.2) is 11.6 Å². The third-order valence-electron chi connectivity index (χ3n) is 6.52. The summed E-state index contributed by atoms with van der Waals surface area (Å²) in [5, 5.41) is 10.5. The Labute approximate surface area is 98.9 Å². The van der Waals surface area contributed by atoms with E-state index in [2.05, 4.69) is 33.8 Å². The predicted octanol–water partition coefficient (Wildman–Crippen LogP) is 3.39. The first-order valence-electron chi connectivity index (χ1n) is 6.81. The van der Waals surface area contributed by atoms with Crippen LogP contribution in [0.1, 0.15) is 47.0 Å². The van der Waals surface area contributed by atoms with Crippen molar-refractivity contribution in [3.8, 4) is 0 Å². The van der Waals surface area contributed by atoms with E-state index >= 15 is 0 Å². The van der Waals surface area contributed by atoms with Crippen LogP contribution in [-0.4, -0.2) is 11.2 Å². The molecule has 1 N–H and O–H groups in total. The summed E-state index contributed by atoms with van der Waals surface area (Å²) < 4.78 is 0. The Morgan fingerprint density at radius 3 is 2.75 bits per heavy atom. The van der Waals surface area contributed by atoms with Gasteiger partial charge in [0.25, 0.3) is 0 Å². The second-order valence-electron chi connectivity index (χ2n) is 6.81. The van der Waals surface area contributed by atoms with Crippen LogP contribution in [0.5, 0.6) is 0 Å². The summed E-state index contributed by atoms with van der Waals surface area (Å²) in [6, 6.07) is 0. The van der Waals surface area contributed by atoms with Crippen molar-refractivity contribution in [1.29, 1.82) is 0 Å². The van der Waals surface area contributed by atoms with Crippen molar-refractivity contribution in [2.75, 3.05) is 0 Å². The van der Waals surface area contributed by atoms with Crippen molar-refractivity contribution >= 4 is 0 Å². The minimum absolute atomic E-state index is 0.0614. The van der Waals surface area contributed by atoms with E-state index < -0.39 is 0 Å². The topological polar surface area (TPSA) is 20.2 Å². The lowest BCUT2D eigenvalue weighted by molar-refractivity contribution is 0.0115. The highest BCUT2D eigenvalue weighted by Crippen LogP contribution is 2.73. The van der Waals surface area contributed by atoms with Gasteiger partial charge in [-0.25, -0.2) is 0 Å². The molecule has 0 saturated heterocycles. The maximum absolute atomic E-state index is 10.5. The van der Waals surface area contributed by atoms with Gasteiger partial charge in [-0.2, -0.15) is 0 Å². The van der Waals surface area contributed by atoms with Crippen LogP contribution in [0.25, 0.3) is 0 Å². The van der Waals surface area contributed by atoms with Gasteiger partial charge in [-0.3, -0.25) is 0 Å². The van der Waals surface area contributed by atoms with Crippen molar-refractivity contribution in [2.45, 2.75) is 53.1 Å². The standard InChI is InChI=1S/C15H24O/c1-9-5-6-15-11(3)10(2)8-14(15,4)13(16)7-12(9)15/h8-9,11-13,16H,5-7H2,1-4H3/t9-,11?,12+,13+,14-,15+/m0/s1. The van der Waals surface area contributed by atoms with Gasteiger partial charge in [0.2, 0.25) is 0 Å². The maximum atomic E-state index is 10.5. The molecule has 0 heterocycles. The van der Waals surface area contributed by atoms with Crippen molar-refractivity contribution in [1.82, 2.24) is 0 Å². The third-order valence-corrected chi connectivity index (χ3v) is 6.52. The molecule has 3 aliphatic rings. The lowest BCUT2D eigenvalue weighted by atomic mass is 9.61. The number of aliphatic hydroxyl groups excluding tert-OH is 1. The molecular formula is C15H24O. The van der Waals surface area contributed by atoms with Gasteiger partial charge in [0.05, 0.1) is 6.10 Å². The fourth-order valence-corrected chi connectivity index (χ4v) is 5.51. The Bertz CT molecular complexity index is 358. The molecule has 3 rings (SSSR count). The molecule has 1 heteroatoms. The summed E-state index contributed by atoms with van der Waals surface area (Å²) in [7, 11) is 0. The first kappa shape index (κ1) is 10.8. The summed E-state index contributed by atoms with van der Waals surface area (Å²) in [5.74, 6) is 2.22. The van der Waals surface area contributed by atoms with Gasteiger partial charge < -0.3 is 5.11 Å². The zero-order valence-electron chi connectivity index (χ0n) is 11.0. The number of hydrogen-bond acceptors (Lipinski definition) is 1. The van der Waals surface area contributed by atoms with Crippen LogP contribution in [0, 0.1) is 28.6 Å². The fraction of sp³-hybridized carbons (Fsp3) is 0.867. The highest BCUT2D eigenvalue weighted by molar-refractivity contribution is 5.33. The van der Waals surface area contributed by atoms with Crippen molar-refractivity contribution in [3.63, 3.8) is 0 Å². The van der Waals surface area contributed by atoms with Gasteiger partial charge in [-0.05, 0) is 49.4 Å².